The molecule has 350 valence electrons. The first-order valence-corrected chi connectivity index (χ1v) is 25.6. The van der Waals surface area contributed by atoms with E-state index >= 15 is 0 Å². The molecule has 4 aromatic carbocycles. The number of aryl methyl sites for hydroxylation is 2. The molecule has 0 aliphatic heterocycles. The number of benzene rings is 4. The molecule has 0 bridgehead atoms. The van der Waals surface area contributed by atoms with Crippen molar-refractivity contribution < 1.29 is 164 Å². The van der Waals surface area contributed by atoms with Crippen LogP contribution in [0.2, 0.25) is 0 Å². The van der Waals surface area contributed by atoms with E-state index < -0.39 is 108 Å². The van der Waals surface area contributed by atoms with Gasteiger partial charge >= 0.3 is 88.7 Å². The van der Waals surface area contributed by atoms with Crippen molar-refractivity contribution in [3.05, 3.63) is 96.3 Å². The van der Waals surface area contributed by atoms with E-state index in [1.54, 1.807) is 0 Å². The standard InChI is InChI=1S/C36H34N8O17S5.3Na/c1-21-33(35(46)43(41-21)25-5-9-27(10-6-25)62(48,49)17-15-45)39-37-23-3-13-29(31(19-23)64(52,53)54)30-14-4-24(20-32(30)65(55,56)57)38-40-34-22(2)42-44(36(34)47)26-7-11-28(12-8-26)63(50,51)18-16-61-66(58,59)60;;;/h3-14,19-20,45-47H,15-18H2,1-2H3,(H,52,53,54)(H,55,56,57)(H,58,59,60);;;/q;3*+1/p-3. The van der Waals surface area contributed by atoms with Gasteiger partial charge in [-0.1, -0.05) is 12.1 Å². The maximum Gasteiger partial charge on any atom is 1.00 e. The van der Waals surface area contributed by atoms with E-state index in [-0.39, 0.29) is 144 Å². The van der Waals surface area contributed by atoms with Gasteiger partial charge in [0.25, 0.3) is 0 Å². The van der Waals surface area contributed by atoms with E-state index in [4.69, 9.17) is 5.11 Å². The van der Waals surface area contributed by atoms with Crippen LogP contribution in [0.5, 0.6) is 11.8 Å². The van der Waals surface area contributed by atoms with Gasteiger partial charge in [-0.3, -0.25) is 4.18 Å². The molecular weight excluding hydrogens is 1050 g/mol. The van der Waals surface area contributed by atoms with Crippen LogP contribution in [-0.4, -0.2) is 115 Å². The summed E-state index contributed by atoms with van der Waals surface area (Å²) in [6.07, 6.45) is 0. The van der Waals surface area contributed by atoms with Gasteiger partial charge < -0.3 is 29.0 Å². The van der Waals surface area contributed by atoms with Gasteiger partial charge in [0.2, 0.25) is 22.2 Å². The van der Waals surface area contributed by atoms with Crippen LogP contribution in [0.15, 0.2) is 125 Å². The molecule has 0 unspecified atom stereocenters. The van der Waals surface area contributed by atoms with Gasteiger partial charge in [-0.05, 0) is 86.6 Å². The third-order valence-corrected chi connectivity index (χ3v) is 14.7. The fourth-order valence-corrected chi connectivity index (χ4v) is 9.95. The number of aromatic hydroxyl groups is 2. The van der Waals surface area contributed by atoms with Gasteiger partial charge in [0.05, 0.1) is 78.4 Å². The average Bonchev–Trinajstić information content (AvgIpc) is 3.68. The number of aliphatic hydroxyl groups excluding tert-OH is 1. The number of aromatic nitrogens is 4. The van der Waals surface area contributed by atoms with E-state index in [0.717, 1.165) is 57.9 Å². The van der Waals surface area contributed by atoms with E-state index in [0.29, 0.717) is 0 Å². The molecule has 69 heavy (non-hydrogen) atoms. The number of azo groups is 2. The van der Waals surface area contributed by atoms with Crippen LogP contribution in [0.25, 0.3) is 22.5 Å². The van der Waals surface area contributed by atoms with Crippen LogP contribution in [-0.2, 0) is 54.5 Å². The zero-order valence-electron chi connectivity index (χ0n) is 36.6. The van der Waals surface area contributed by atoms with Gasteiger partial charge in [-0.25, -0.2) is 42.1 Å². The summed E-state index contributed by atoms with van der Waals surface area (Å²) in [5, 5.41) is 54.8. The topological polar surface area (TPSA) is 395 Å². The van der Waals surface area contributed by atoms with Gasteiger partial charge in [0.1, 0.15) is 20.2 Å². The molecule has 0 aliphatic rings. The Morgan fingerprint density at radius 1 is 0.551 bits per heavy atom. The SMILES string of the molecule is Cc1nn(-c2ccc(S(=O)(=O)CCO)cc2)c(O)c1N=Nc1ccc(-c2ccc(N=Nc3c(C)nn(-c4ccc(S(=O)(=O)CCOS(=O)(=O)[O-])cc4)c3O)cc2S(=O)(=O)[O-])c(S(=O)(=O)[O-])c1.[Na+].[Na+].[Na+]. The van der Waals surface area contributed by atoms with Crippen molar-refractivity contribution >= 4 is 73.1 Å². The number of rotatable bonds is 17. The van der Waals surface area contributed by atoms with Crippen LogP contribution in [0.1, 0.15) is 11.4 Å². The molecule has 33 heteroatoms. The Hall–Kier alpha value is -3.35. The maximum absolute atomic E-state index is 12.6. The first kappa shape index (κ1) is 60.0. The van der Waals surface area contributed by atoms with Crippen molar-refractivity contribution in [2.45, 2.75) is 33.4 Å². The average molecular weight is 1080 g/mol. The van der Waals surface area contributed by atoms with Crippen molar-refractivity contribution in [1.29, 1.82) is 0 Å². The second-order valence-corrected chi connectivity index (χ2v) is 21.6. The van der Waals surface area contributed by atoms with E-state index in [1.165, 1.54) is 50.2 Å². The smallest absolute Gasteiger partial charge is 0.744 e. The molecule has 0 saturated carbocycles. The molecule has 3 N–H and O–H groups in total. The Balaban J connectivity index is 0.00000420. The minimum Gasteiger partial charge on any atom is -0.744 e. The largest absolute Gasteiger partial charge is 1.00 e. The fraction of sp³-hybridized carbons (Fsp3) is 0.167. The summed E-state index contributed by atoms with van der Waals surface area (Å²) < 4.78 is 163. The zero-order valence-corrected chi connectivity index (χ0v) is 46.7. The van der Waals surface area contributed by atoms with Crippen LogP contribution in [0.4, 0.5) is 22.7 Å². The predicted molar refractivity (Wildman–Crippen MR) is 223 cm³/mol. The van der Waals surface area contributed by atoms with E-state index in [2.05, 4.69) is 34.8 Å². The summed E-state index contributed by atoms with van der Waals surface area (Å²) in [5.41, 5.74) is -1.66. The zero-order chi connectivity index (χ0) is 48.6. The summed E-state index contributed by atoms with van der Waals surface area (Å²) in [4.78, 5) is -2.43. The molecule has 0 radical (unpaired) electrons. The normalized spacial score (nSPS) is 12.4. The Labute approximate surface area is 460 Å². The van der Waals surface area contributed by atoms with Crippen molar-refractivity contribution in [3.8, 4) is 34.3 Å². The Bertz CT molecular complexity index is 3520. The molecule has 6 rings (SSSR count). The maximum atomic E-state index is 12.6. The molecule has 0 saturated heterocycles. The third-order valence-electron chi connectivity index (χ3n) is 9.12. The summed E-state index contributed by atoms with van der Waals surface area (Å²) >= 11 is 0. The first-order chi connectivity index (χ1) is 30.7. The molecule has 6 aromatic rings. The quantitative estimate of drug-likeness (QED) is 0.0332. The molecule has 0 atom stereocenters. The Kier molecular flexibility index (Phi) is 20.4. The second-order valence-electron chi connectivity index (χ2n) is 13.6. The third kappa shape index (κ3) is 14.4. The number of aliphatic hydroxyl groups is 1. The molecule has 0 amide bonds. The van der Waals surface area contributed by atoms with Gasteiger partial charge in [0, 0.05) is 11.1 Å². The van der Waals surface area contributed by atoms with E-state index in [1.807, 2.05) is 0 Å². The molecule has 0 spiro atoms. The minimum atomic E-state index is -5.45. The number of hydrogen-bond acceptors (Lipinski definition) is 23. The summed E-state index contributed by atoms with van der Waals surface area (Å²) in [6, 6.07) is 15.5. The van der Waals surface area contributed by atoms with Crippen LogP contribution in [0, 0.1) is 13.8 Å². The Morgan fingerprint density at radius 2 is 0.913 bits per heavy atom. The monoisotopic (exact) mass is 1080 g/mol. The fourth-order valence-electron chi connectivity index (χ4n) is 6.02. The number of nitrogens with zero attached hydrogens (tertiary/aromatic N) is 8. The number of hydrogen-bond donors (Lipinski definition) is 3. The van der Waals surface area contributed by atoms with Crippen LogP contribution < -0.4 is 88.7 Å². The first-order valence-electron chi connectivity index (χ1n) is 18.2. The predicted octanol–water partition coefficient (Wildman–Crippen LogP) is -5.58. The van der Waals surface area contributed by atoms with Crippen LogP contribution >= 0.6 is 0 Å². The molecule has 25 nitrogen and oxygen atoms in total. The van der Waals surface area contributed by atoms with Crippen molar-refractivity contribution in [2.24, 2.45) is 20.5 Å². The van der Waals surface area contributed by atoms with Gasteiger partial charge in [-0.15, -0.1) is 10.2 Å². The Morgan fingerprint density at radius 3 is 1.25 bits per heavy atom. The van der Waals surface area contributed by atoms with E-state index in [9.17, 15) is 66.0 Å². The molecule has 2 heterocycles. The van der Waals surface area contributed by atoms with Crippen molar-refractivity contribution in [1.82, 2.24) is 19.6 Å². The molecule has 2 aromatic heterocycles. The summed E-state index contributed by atoms with van der Waals surface area (Å²) in [7, 11) is -23.9. The minimum absolute atomic E-state index is 0. The van der Waals surface area contributed by atoms with Crippen LogP contribution in [0.3, 0.4) is 0 Å². The number of sulfone groups is 2. The molecule has 0 aliphatic carbocycles. The summed E-state index contributed by atoms with van der Waals surface area (Å²) in [6.45, 7) is 1.32. The molecule has 0 fully saturated rings. The summed E-state index contributed by atoms with van der Waals surface area (Å²) in [5.74, 6) is -2.54. The van der Waals surface area contributed by atoms with Crippen molar-refractivity contribution in [2.75, 3.05) is 24.7 Å². The second kappa shape index (κ2) is 23.5. The van der Waals surface area contributed by atoms with Gasteiger partial charge in [0.15, 0.2) is 31.0 Å². The van der Waals surface area contributed by atoms with Gasteiger partial charge in [-0.2, -0.15) is 29.8 Å². The van der Waals surface area contributed by atoms with Crippen molar-refractivity contribution in [3.63, 3.8) is 0 Å². The molecular formula is C36H31N8Na3O17S5.